The smallest absolute Gasteiger partial charge is 0.364 e. The lowest BCUT2D eigenvalue weighted by Crippen LogP contribution is -2.70. The molecule has 18 unspecified atom stereocenters. The molecule has 3 rings (SSSR count). The fraction of sp³-hybridized carbons (Fsp3) is 0.922. The van der Waals surface area contributed by atoms with E-state index in [2.05, 4.69) is 24.5 Å². The van der Waals surface area contributed by atoms with Crippen molar-refractivity contribution in [2.45, 2.75) is 349 Å². The molecule has 3 saturated heterocycles. The summed E-state index contributed by atoms with van der Waals surface area (Å²) in [6.07, 6.45) is 12.5. The summed E-state index contributed by atoms with van der Waals surface area (Å²) < 4.78 is 34.8. The van der Waals surface area contributed by atoms with E-state index in [1.165, 1.54) is 148 Å². The number of carbonyl (C=O) groups is 3. The van der Waals surface area contributed by atoms with Crippen LogP contribution in [0.15, 0.2) is 12.2 Å². The van der Waals surface area contributed by atoms with Gasteiger partial charge in [-0.05, 0) is 19.3 Å². The van der Waals surface area contributed by atoms with Gasteiger partial charge >= 0.3 is 5.97 Å². The van der Waals surface area contributed by atoms with Gasteiger partial charge in [-0.15, -0.1) is 0 Å². The van der Waals surface area contributed by atoms with Crippen LogP contribution in [0.25, 0.3) is 0 Å². The number of allylic oxidation sites excluding steroid dienone is 1. The molecule has 0 bridgehead atoms. The van der Waals surface area contributed by atoms with Gasteiger partial charge in [0.2, 0.25) is 11.8 Å². The maximum atomic E-state index is 13.4. The molecule has 0 aromatic carbocycles. The standard InChI is InChI=1S/C64H118N2O21/c1-4-6-8-10-12-14-16-18-20-22-24-26-28-30-32-34-36-38-51(74)66-45(46(71)37-35-33-31-29-27-25-23-21-19-17-15-13-11-9-7-5-2)43-82-61-56(78)55(77)58(50(42-69)84-61)85-62-57(79)60(54(76)49(41-68)83-62)87-64(63(80)81)39-47(72)52(65-44(3)70)59(86-64)53(75)48(73)40-67/h35,37,45-50,52-62,67-69,71-73,75-79H,4-34,36,38-43H2,1-3H3,(H,65,70)(H,66,74)(H,80,81)/b37-35+. The molecular formula is C64H118N2O21. The molecule has 23 heteroatoms. The minimum Gasteiger partial charge on any atom is -0.477 e. The van der Waals surface area contributed by atoms with Crippen LogP contribution in [-0.2, 0) is 42.8 Å². The topological polar surface area (TPSA) is 373 Å². The highest BCUT2D eigenvalue weighted by molar-refractivity contribution is 5.77. The van der Waals surface area contributed by atoms with Gasteiger partial charge in [-0.3, -0.25) is 9.59 Å². The average Bonchev–Trinajstić information content (AvgIpc) is 1.11. The molecule has 510 valence electrons. The van der Waals surface area contributed by atoms with Crippen LogP contribution in [0.5, 0.6) is 0 Å². The van der Waals surface area contributed by atoms with Crippen LogP contribution in [0.2, 0.25) is 0 Å². The van der Waals surface area contributed by atoms with Crippen LogP contribution in [0, 0.1) is 0 Å². The normalized spacial score (nSPS) is 29.2. The van der Waals surface area contributed by atoms with Crippen molar-refractivity contribution in [3.63, 3.8) is 0 Å². The van der Waals surface area contributed by atoms with Crippen molar-refractivity contribution in [2.24, 2.45) is 0 Å². The number of hydrogen-bond acceptors (Lipinski definition) is 20. The molecule has 3 fully saturated rings. The number of ether oxygens (including phenoxy) is 6. The van der Waals surface area contributed by atoms with E-state index in [4.69, 9.17) is 28.4 Å². The number of aliphatic carboxylic acids is 1. The Kier molecular flexibility index (Phi) is 41.3. The Hall–Kier alpha value is -2.53. The number of carbonyl (C=O) groups excluding carboxylic acids is 2. The SMILES string of the molecule is CCCCCCCCCCCCCCCC/C=C/C(O)C(COC1OC(CO)C(OC2OC(CO)C(O)C(OC3(C(=O)O)CC(O)C(NC(C)=O)C(C(O)C(O)CO)O3)C2O)C(O)C1O)NC(=O)CCCCCCCCCCCCCCCCCCC. The summed E-state index contributed by atoms with van der Waals surface area (Å²) >= 11 is 0. The van der Waals surface area contributed by atoms with Gasteiger partial charge in [0.1, 0.15) is 67.1 Å². The predicted octanol–water partition coefficient (Wildman–Crippen LogP) is 5.12. The van der Waals surface area contributed by atoms with E-state index >= 15 is 0 Å². The molecule has 0 aliphatic carbocycles. The van der Waals surface area contributed by atoms with Crippen molar-refractivity contribution in [1.29, 1.82) is 0 Å². The summed E-state index contributed by atoms with van der Waals surface area (Å²) in [4.78, 5) is 38.5. The van der Waals surface area contributed by atoms with E-state index in [1.54, 1.807) is 6.08 Å². The van der Waals surface area contributed by atoms with Crippen LogP contribution in [0.4, 0.5) is 0 Å². The molecule has 0 aromatic rings. The number of carboxylic acid groups (broad SMARTS) is 1. The zero-order valence-corrected chi connectivity index (χ0v) is 52.9. The zero-order chi connectivity index (χ0) is 64.0. The van der Waals surface area contributed by atoms with Gasteiger partial charge < -0.3 is 100 Å². The van der Waals surface area contributed by atoms with E-state index in [-0.39, 0.29) is 12.3 Å². The molecule has 0 radical (unpaired) electrons. The first kappa shape index (κ1) is 78.7. The minimum absolute atomic E-state index is 0.205. The van der Waals surface area contributed by atoms with Gasteiger partial charge in [0.15, 0.2) is 12.6 Å². The van der Waals surface area contributed by atoms with Crippen LogP contribution >= 0.6 is 0 Å². The third kappa shape index (κ3) is 28.9. The summed E-state index contributed by atoms with van der Waals surface area (Å²) in [5.41, 5.74) is 0. The number of nitrogens with one attached hydrogen (secondary N) is 2. The highest BCUT2D eigenvalue weighted by Gasteiger charge is 2.60. The quantitative estimate of drug-likeness (QED) is 0.0278. The summed E-state index contributed by atoms with van der Waals surface area (Å²) in [6.45, 7) is 2.14. The Morgan fingerprint density at radius 1 is 0.598 bits per heavy atom. The number of unbranched alkanes of at least 4 members (excludes halogenated alkanes) is 30. The Morgan fingerprint density at radius 2 is 1.07 bits per heavy atom. The lowest BCUT2D eigenvalue weighted by Gasteiger charge is -2.50. The third-order valence-electron chi connectivity index (χ3n) is 17.2. The number of aliphatic hydroxyl groups is 11. The second-order valence-corrected chi connectivity index (χ2v) is 24.7. The molecule has 87 heavy (non-hydrogen) atoms. The monoisotopic (exact) mass is 1250 g/mol. The van der Waals surface area contributed by atoms with Gasteiger partial charge in [-0.2, -0.15) is 0 Å². The minimum atomic E-state index is -3.08. The largest absolute Gasteiger partial charge is 0.477 e. The molecule has 0 spiro atoms. The van der Waals surface area contributed by atoms with E-state index in [1.807, 2.05) is 6.08 Å². The molecule has 23 nitrogen and oxygen atoms in total. The van der Waals surface area contributed by atoms with Crippen LogP contribution in [0.3, 0.4) is 0 Å². The van der Waals surface area contributed by atoms with Crippen LogP contribution in [-0.4, -0.2) is 215 Å². The van der Waals surface area contributed by atoms with Crippen molar-refractivity contribution in [2.75, 3.05) is 26.4 Å². The Morgan fingerprint density at radius 3 is 1.53 bits per heavy atom. The Labute approximate surface area is 518 Å². The molecule has 2 amide bonds. The zero-order valence-electron chi connectivity index (χ0n) is 52.9. The molecule has 0 saturated carbocycles. The van der Waals surface area contributed by atoms with E-state index < -0.39 is 155 Å². The summed E-state index contributed by atoms with van der Waals surface area (Å²) in [6, 6.07) is -2.61. The number of amides is 2. The lowest BCUT2D eigenvalue weighted by molar-refractivity contribution is -0.386. The maximum Gasteiger partial charge on any atom is 0.364 e. The number of hydrogen-bond donors (Lipinski definition) is 14. The lowest BCUT2D eigenvalue weighted by atomic mass is 9.88. The first-order valence-electron chi connectivity index (χ1n) is 33.6. The average molecular weight is 1250 g/mol. The molecular weight excluding hydrogens is 1130 g/mol. The van der Waals surface area contributed by atoms with Crippen molar-refractivity contribution in [3.05, 3.63) is 12.2 Å². The van der Waals surface area contributed by atoms with Crippen LogP contribution < -0.4 is 10.6 Å². The number of carboxylic acids is 1. The molecule has 3 aliphatic rings. The van der Waals surface area contributed by atoms with Crippen molar-refractivity contribution in [3.8, 4) is 0 Å². The van der Waals surface area contributed by atoms with E-state index in [0.29, 0.717) is 12.8 Å². The summed E-state index contributed by atoms with van der Waals surface area (Å²) in [7, 11) is 0. The second-order valence-electron chi connectivity index (χ2n) is 24.7. The van der Waals surface area contributed by atoms with Gasteiger partial charge in [-0.25, -0.2) is 4.79 Å². The molecule has 18 atom stereocenters. The van der Waals surface area contributed by atoms with Gasteiger partial charge in [-0.1, -0.05) is 212 Å². The summed E-state index contributed by atoms with van der Waals surface area (Å²) in [5, 5.41) is 136. The number of rotatable bonds is 50. The molecule has 14 N–H and O–H groups in total. The van der Waals surface area contributed by atoms with E-state index in [0.717, 1.165) is 51.9 Å². The maximum absolute atomic E-state index is 13.4. The first-order valence-corrected chi connectivity index (χ1v) is 33.6. The third-order valence-corrected chi connectivity index (χ3v) is 17.2. The first-order chi connectivity index (χ1) is 41.9. The number of aliphatic hydroxyl groups excluding tert-OH is 11. The predicted molar refractivity (Wildman–Crippen MR) is 325 cm³/mol. The van der Waals surface area contributed by atoms with Crippen molar-refractivity contribution in [1.82, 2.24) is 10.6 Å². The van der Waals surface area contributed by atoms with Gasteiger partial charge in [0.05, 0.1) is 50.7 Å². The second kappa shape index (κ2) is 45.7. The van der Waals surface area contributed by atoms with Crippen molar-refractivity contribution < 1.29 is 104 Å². The molecule has 3 aliphatic heterocycles. The highest BCUT2D eigenvalue weighted by atomic mass is 16.8. The van der Waals surface area contributed by atoms with Gasteiger partial charge in [0.25, 0.3) is 5.79 Å². The fourth-order valence-electron chi connectivity index (χ4n) is 11.8. The molecule has 3 heterocycles. The van der Waals surface area contributed by atoms with Crippen molar-refractivity contribution >= 4 is 17.8 Å². The Bertz CT molecular complexity index is 1820. The van der Waals surface area contributed by atoms with Crippen LogP contribution in [0.1, 0.15) is 239 Å². The Balaban J connectivity index is 1.63. The molecule has 0 aromatic heterocycles. The highest BCUT2D eigenvalue weighted by Crippen LogP contribution is 2.39. The fourth-order valence-corrected chi connectivity index (χ4v) is 11.8. The van der Waals surface area contributed by atoms with Gasteiger partial charge in [0, 0.05) is 19.8 Å². The van der Waals surface area contributed by atoms with E-state index in [9.17, 15) is 75.7 Å². The summed E-state index contributed by atoms with van der Waals surface area (Å²) in [5.74, 6) is -6.14.